The zero-order valence-corrected chi connectivity index (χ0v) is 17.9. The predicted octanol–water partition coefficient (Wildman–Crippen LogP) is 4.24. The standard InChI is InChI=1S/C21H21N3O3S2/c1-14-7-8-19(16(3)11-14)24-29(26,27)18-6-4-5-17(12-18)21(25)23-22-13-20-15(2)9-10-28-20/h4-13,24H,1-3H3,(H,23,25)/b22-13-. The van der Waals surface area contributed by atoms with Crippen molar-refractivity contribution in [2.75, 3.05) is 4.72 Å². The molecular formula is C21H21N3O3S2. The van der Waals surface area contributed by atoms with Crippen molar-refractivity contribution in [3.63, 3.8) is 0 Å². The van der Waals surface area contributed by atoms with Crippen LogP contribution in [0.3, 0.4) is 0 Å². The molecule has 0 saturated heterocycles. The van der Waals surface area contributed by atoms with E-state index in [2.05, 4.69) is 15.2 Å². The second-order valence-corrected chi connectivity index (χ2v) is 9.25. The Bertz CT molecular complexity index is 1180. The van der Waals surface area contributed by atoms with Gasteiger partial charge in [0, 0.05) is 10.4 Å². The molecular weight excluding hydrogens is 406 g/mol. The van der Waals surface area contributed by atoms with Crippen LogP contribution in [0.5, 0.6) is 0 Å². The molecule has 0 aliphatic rings. The smallest absolute Gasteiger partial charge is 0.271 e. The Morgan fingerprint density at radius 3 is 2.52 bits per heavy atom. The molecule has 0 atom stereocenters. The maximum absolute atomic E-state index is 12.7. The minimum Gasteiger partial charge on any atom is -0.279 e. The van der Waals surface area contributed by atoms with Gasteiger partial charge < -0.3 is 0 Å². The van der Waals surface area contributed by atoms with E-state index in [1.54, 1.807) is 12.3 Å². The number of hydrogen-bond acceptors (Lipinski definition) is 5. The summed E-state index contributed by atoms with van der Waals surface area (Å²) in [7, 11) is -3.83. The topological polar surface area (TPSA) is 87.6 Å². The molecule has 8 heteroatoms. The lowest BCUT2D eigenvalue weighted by molar-refractivity contribution is 0.0955. The van der Waals surface area contributed by atoms with E-state index in [9.17, 15) is 13.2 Å². The molecule has 2 aromatic carbocycles. The highest BCUT2D eigenvalue weighted by molar-refractivity contribution is 7.92. The number of nitrogens with zero attached hydrogens (tertiary/aromatic N) is 1. The van der Waals surface area contributed by atoms with E-state index < -0.39 is 15.9 Å². The van der Waals surface area contributed by atoms with E-state index in [1.807, 2.05) is 44.4 Å². The van der Waals surface area contributed by atoms with Gasteiger partial charge in [-0.1, -0.05) is 23.8 Å². The number of carbonyl (C=O) groups excluding carboxylic acids is 1. The Hall–Kier alpha value is -2.97. The molecule has 29 heavy (non-hydrogen) atoms. The zero-order chi connectivity index (χ0) is 21.0. The van der Waals surface area contributed by atoms with Crippen LogP contribution in [0.25, 0.3) is 0 Å². The van der Waals surface area contributed by atoms with E-state index in [-0.39, 0.29) is 10.5 Å². The fourth-order valence-electron chi connectivity index (χ4n) is 2.67. The molecule has 1 amide bonds. The highest BCUT2D eigenvalue weighted by atomic mass is 32.2. The summed E-state index contributed by atoms with van der Waals surface area (Å²) in [5.74, 6) is -0.487. The average molecular weight is 428 g/mol. The van der Waals surface area contributed by atoms with Crippen LogP contribution in [0, 0.1) is 20.8 Å². The maximum Gasteiger partial charge on any atom is 0.271 e. The van der Waals surface area contributed by atoms with Crippen LogP contribution in [0.4, 0.5) is 5.69 Å². The van der Waals surface area contributed by atoms with Crippen LogP contribution in [0.15, 0.2) is 63.9 Å². The highest BCUT2D eigenvalue weighted by Crippen LogP contribution is 2.21. The van der Waals surface area contributed by atoms with Crippen molar-refractivity contribution in [2.45, 2.75) is 25.7 Å². The maximum atomic E-state index is 12.7. The van der Waals surface area contributed by atoms with Crippen molar-refractivity contribution in [3.8, 4) is 0 Å². The zero-order valence-electron chi connectivity index (χ0n) is 16.3. The largest absolute Gasteiger partial charge is 0.279 e. The Morgan fingerprint density at radius 2 is 1.83 bits per heavy atom. The molecule has 0 aliphatic carbocycles. The first kappa shape index (κ1) is 20.8. The summed E-state index contributed by atoms with van der Waals surface area (Å²) in [4.78, 5) is 13.3. The summed E-state index contributed by atoms with van der Waals surface area (Å²) in [5, 5.41) is 5.89. The number of benzene rings is 2. The second-order valence-electron chi connectivity index (χ2n) is 6.62. The number of sulfonamides is 1. The first-order valence-corrected chi connectivity index (χ1v) is 11.2. The summed E-state index contributed by atoms with van der Waals surface area (Å²) < 4.78 is 28.1. The molecule has 1 aromatic heterocycles. The lowest BCUT2D eigenvalue weighted by Gasteiger charge is -2.12. The number of hydrogen-bond donors (Lipinski definition) is 2. The Labute approximate surface area is 174 Å². The third kappa shape index (κ3) is 5.10. The van der Waals surface area contributed by atoms with Crippen molar-refractivity contribution < 1.29 is 13.2 Å². The number of hydrazone groups is 1. The van der Waals surface area contributed by atoms with Crippen molar-refractivity contribution in [1.29, 1.82) is 0 Å². The second kappa shape index (κ2) is 8.59. The van der Waals surface area contributed by atoms with E-state index >= 15 is 0 Å². The normalized spacial score (nSPS) is 11.6. The first-order chi connectivity index (χ1) is 13.8. The molecule has 0 bridgehead atoms. The summed E-state index contributed by atoms with van der Waals surface area (Å²) in [6.07, 6.45) is 1.57. The van der Waals surface area contributed by atoms with Gasteiger partial charge in [-0.3, -0.25) is 9.52 Å². The number of anilines is 1. The van der Waals surface area contributed by atoms with Crippen molar-refractivity contribution in [3.05, 3.63) is 81.0 Å². The molecule has 0 radical (unpaired) electrons. The van der Waals surface area contributed by atoms with Gasteiger partial charge >= 0.3 is 0 Å². The van der Waals surface area contributed by atoms with Gasteiger partial charge in [0.1, 0.15) is 0 Å². The van der Waals surface area contributed by atoms with Gasteiger partial charge in [-0.15, -0.1) is 11.3 Å². The lowest BCUT2D eigenvalue weighted by Crippen LogP contribution is -2.19. The summed E-state index contributed by atoms with van der Waals surface area (Å²) >= 11 is 1.52. The van der Waals surface area contributed by atoms with Crippen LogP contribution in [-0.2, 0) is 10.0 Å². The van der Waals surface area contributed by atoms with Crippen LogP contribution in [0.1, 0.15) is 31.9 Å². The number of carbonyl (C=O) groups is 1. The Balaban J connectivity index is 1.76. The molecule has 3 aromatic rings. The van der Waals surface area contributed by atoms with Crippen molar-refractivity contribution >= 4 is 39.2 Å². The molecule has 0 unspecified atom stereocenters. The molecule has 0 aliphatic heterocycles. The van der Waals surface area contributed by atoms with Gasteiger partial charge in [-0.05, 0) is 67.6 Å². The van der Waals surface area contributed by atoms with Gasteiger partial charge in [0.2, 0.25) is 0 Å². The first-order valence-electron chi connectivity index (χ1n) is 8.84. The van der Waals surface area contributed by atoms with Crippen LogP contribution >= 0.6 is 11.3 Å². The minimum absolute atomic E-state index is 0.00297. The van der Waals surface area contributed by atoms with Gasteiger partial charge in [-0.2, -0.15) is 5.10 Å². The number of nitrogens with one attached hydrogen (secondary N) is 2. The Morgan fingerprint density at radius 1 is 1.03 bits per heavy atom. The third-order valence-electron chi connectivity index (χ3n) is 4.28. The molecule has 1 heterocycles. The van der Waals surface area contributed by atoms with Gasteiger partial charge in [0.05, 0.1) is 16.8 Å². The molecule has 0 spiro atoms. The summed E-state index contributed by atoms with van der Waals surface area (Å²) in [5.41, 5.74) is 6.07. The quantitative estimate of drug-likeness (QED) is 0.456. The van der Waals surface area contributed by atoms with Crippen LogP contribution < -0.4 is 10.1 Å². The van der Waals surface area contributed by atoms with Gasteiger partial charge in [0.15, 0.2) is 0 Å². The number of thiophene rings is 1. The SMILES string of the molecule is Cc1ccc(NS(=O)(=O)c2cccc(C(=O)N/N=C\c3sccc3C)c2)c(C)c1. The van der Waals surface area contributed by atoms with E-state index in [0.717, 1.165) is 21.6 Å². The van der Waals surface area contributed by atoms with E-state index in [1.165, 1.54) is 35.6 Å². The minimum atomic E-state index is -3.83. The number of amides is 1. The Kier molecular flexibility index (Phi) is 6.14. The summed E-state index contributed by atoms with van der Waals surface area (Å²) in [6.45, 7) is 5.73. The molecule has 0 saturated carbocycles. The van der Waals surface area contributed by atoms with Crippen LogP contribution in [-0.4, -0.2) is 20.5 Å². The predicted molar refractivity (Wildman–Crippen MR) is 117 cm³/mol. The van der Waals surface area contributed by atoms with E-state index in [4.69, 9.17) is 0 Å². The molecule has 6 nitrogen and oxygen atoms in total. The average Bonchev–Trinajstić information content (AvgIpc) is 3.09. The van der Waals surface area contributed by atoms with Crippen molar-refractivity contribution in [1.82, 2.24) is 5.43 Å². The van der Waals surface area contributed by atoms with Crippen LogP contribution in [0.2, 0.25) is 0 Å². The number of rotatable bonds is 6. The highest BCUT2D eigenvalue weighted by Gasteiger charge is 2.17. The summed E-state index contributed by atoms with van der Waals surface area (Å²) in [6, 6.07) is 13.3. The van der Waals surface area contributed by atoms with Gasteiger partial charge in [-0.25, -0.2) is 13.8 Å². The number of aryl methyl sites for hydroxylation is 3. The molecule has 3 rings (SSSR count). The molecule has 2 N–H and O–H groups in total. The van der Waals surface area contributed by atoms with E-state index in [0.29, 0.717) is 5.69 Å². The fraction of sp³-hybridized carbons (Fsp3) is 0.143. The monoisotopic (exact) mass is 427 g/mol. The molecule has 0 fully saturated rings. The third-order valence-corrected chi connectivity index (χ3v) is 6.60. The van der Waals surface area contributed by atoms with Crippen molar-refractivity contribution in [2.24, 2.45) is 5.10 Å². The molecule has 150 valence electrons. The van der Waals surface area contributed by atoms with Gasteiger partial charge in [0.25, 0.3) is 15.9 Å². The lowest BCUT2D eigenvalue weighted by atomic mass is 10.1. The fourth-order valence-corrected chi connectivity index (χ4v) is 4.63.